The summed E-state index contributed by atoms with van der Waals surface area (Å²) in [6, 6.07) is 8.61. The van der Waals surface area contributed by atoms with Crippen molar-refractivity contribution in [2.24, 2.45) is 0 Å². The maximum atomic E-state index is 14.9. The van der Waals surface area contributed by atoms with Crippen molar-refractivity contribution in [3.05, 3.63) is 81.0 Å². The molecule has 1 saturated carbocycles. The summed E-state index contributed by atoms with van der Waals surface area (Å²) in [6.45, 7) is 2.76. The first-order valence-electron chi connectivity index (χ1n) is 14.6. The molecule has 0 radical (unpaired) electrons. The highest BCUT2D eigenvalue weighted by atomic mass is 32.1. The molecule has 2 saturated heterocycles. The van der Waals surface area contributed by atoms with E-state index in [0.29, 0.717) is 39.1 Å². The average Bonchev–Trinajstić information content (AvgIpc) is 3.69. The Labute approximate surface area is 243 Å². The lowest BCUT2D eigenvalue weighted by Gasteiger charge is -2.51. The predicted molar refractivity (Wildman–Crippen MR) is 157 cm³/mol. The Bertz CT molecular complexity index is 1440. The lowest BCUT2D eigenvalue weighted by atomic mass is 9.90. The van der Waals surface area contributed by atoms with Crippen LogP contribution in [0.1, 0.15) is 55.7 Å². The van der Waals surface area contributed by atoms with Gasteiger partial charge in [0, 0.05) is 67.7 Å². The monoisotopic (exact) mass is 581 g/mol. The van der Waals surface area contributed by atoms with Gasteiger partial charge in [-0.3, -0.25) is 9.69 Å². The number of nitrogens with one attached hydrogen (secondary N) is 2. The second-order valence-electron chi connectivity index (χ2n) is 11.7. The third kappa shape index (κ3) is 5.57. The van der Waals surface area contributed by atoms with E-state index in [2.05, 4.69) is 15.2 Å². The fraction of sp³-hybridized carbons (Fsp3) is 0.484. The van der Waals surface area contributed by atoms with Gasteiger partial charge in [-0.15, -0.1) is 11.3 Å². The van der Waals surface area contributed by atoms with Gasteiger partial charge in [0.05, 0.1) is 16.6 Å². The van der Waals surface area contributed by atoms with Gasteiger partial charge in [0.1, 0.15) is 11.6 Å². The summed E-state index contributed by atoms with van der Waals surface area (Å²) >= 11 is 1.59. The van der Waals surface area contributed by atoms with Gasteiger partial charge in [-0.1, -0.05) is 18.9 Å². The molecule has 3 fully saturated rings. The summed E-state index contributed by atoms with van der Waals surface area (Å²) in [5.74, 6) is -0.990. The summed E-state index contributed by atoms with van der Waals surface area (Å²) in [6.07, 6.45) is 7.20. The lowest BCUT2D eigenvalue weighted by molar-refractivity contribution is -0.00238. The number of thiophene rings is 1. The molecule has 2 aromatic heterocycles. The Morgan fingerprint density at radius 2 is 1.98 bits per heavy atom. The number of likely N-dealkylation sites (tertiary alicyclic amines) is 1. The molecule has 41 heavy (non-hydrogen) atoms. The van der Waals surface area contributed by atoms with Crippen LogP contribution in [-0.2, 0) is 6.54 Å². The van der Waals surface area contributed by atoms with Crippen LogP contribution in [0.4, 0.5) is 13.6 Å². The van der Waals surface area contributed by atoms with Crippen LogP contribution in [0, 0.1) is 11.6 Å². The van der Waals surface area contributed by atoms with Gasteiger partial charge in [-0.2, -0.15) is 0 Å². The molecule has 218 valence electrons. The molecular formula is C31H37F2N5O2S. The molecule has 0 unspecified atom stereocenters. The standard InChI is InChI=1S/C31H37F2N5O2S/c1-34-23-8-11-38(27(16-23)24-15-22(32)6-7-25(24)33)30(40)36-12-13-37(31(20-36)9-2-3-10-31)19-21-18-35-26(17-28(21)39)29-5-4-14-41-29/h4-7,14-15,17-18,23,27,34H,2-3,8-13,16,19-20H2,1H3,(H,35,39)/t23-,27+/m1/s1. The largest absolute Gasteiger partial charge is 0.360 e. The van der Waals surface area contributed by atoms with E-state index in [9.17, 15) is 18.4 Å². The van der Waals surface area contributed by atoms with E-state index in [1.54, 1.807) is 22.3 Å². The van der Waals surface area contributed by atoms with Crippen molar-refractivity contribution in [1.82, 2.24) is 25.0 Å². The van der Waals surface area contributed by atoms with Crippen LogP contribution in [0.25, 0.3) is 10.6 Å². The van der Waals surface area contributed by atoms with Crippen molar-refractivity contribution in [3.8, 4) is 10.6 Å². The number of benzene rings is 1. The highest BCUT2D eigenvalue weighted by Gasteiger charge is 2.46. The molecule has 10 heteroatoms. The van der Waals surface area contributed by atoms with E-state index in [1.807, 2.05) is 35.7 Å². The molecule has 2 N–H and O–H groups in total. The number of carbonyl (C=O) groups is 1. The van der Waals surface area contributed by atoms with E-state index < -0.39 is 17.7 Å². The van der Waals surface area contributed by atoms with Crippen LogP contribution >= 0.6 is 11.3 Å². The van der Waals surface area contributed by atoms with E-state index >= 15 is 0 Å². The number of hydrogen-bond acceptors (Lipinski definition) is 5. The zero-order valence-electron chi connectivity index (χ0n) is 23.4. The first-order chi connectivity index (χ1) is 19.9. The van der Waals surface area contributed by atoms with E-state index in [-0.39, 0.29) is 28.6 Å². The fourth-order valence-corrected chi connectivity index (χ4v) is 7.74. The second kappa shape index (κ2) is 11.7. The summed E-state index contributed by atoms with van der Waals surface area (Å²) in [5.41, 5.74) is 1.61. The van der Waals surface area contributed by atoms with Crippen LogP contribution in [0.3, 0.4) is 0 Å². The number of aromatic amines is 1. The minimum Gasteiger partial charge on any atom is -0.360 e. The summed E-state index contributed by atoms with van der Waals surface area (Å²) in [4.78, 5) is 37.6. The van der Waals surface area contributed by atoms with E-state index in [4.69, 9.17) is 0 Å². The van der Waals surface area contributed by atoms with Crippen LogP contribution in [0.2, 0.25) is 0 Å². The molecule has 2 atom stereocenters. The number of halogens is 2. The van der Waals surface area contributed by atoms with Gasteiger partial charge >= 0.3 is 6.03 Å². The quantitative estimate of drug-likeness (QED) is 0.426. The maximum absolute atomic E-state index is 14.9. The smallest absolute Gasteiger partial charge is 0.320 e. The molecule has 3 aromatic rings. The van der Waals surface area contributed by atoms with Gasteiger partial charge in [0.25, 0.3) is 0 Å². The fourth-order valence-electron chi connectivity index (χ4n) is 7.04. The predicted octanol–water partition coefficient (Wildman–Crippen LogP) is 5.36. The molecule has 7 nitrogen and oxygen atoms in total. The molecule has 1 aromatic carbocycles. The third-order valence-electron chi connectivity index (χ3n) is 9.32. The summed E-state index contributed by atoms with van der Waals surface area (Å²) in [5, 5.41) is 5.25. The minimum atomic E-state index is -0.539. The number of nitrogens with zero attached hydrogens (tertiary/aromatic N) is 3. The number of piperazine rings is 1. The first-order valence-corrected chi connectivity index (χ1v) is 15.4. The molecule has 1 aliphatic carbocycles. The van der Waals surface area contributed by atoms with E-state index in [1.165, 1.54) is 6.07 Å². The van der Waals surface area contributed by atoms with Gasteiger partial charge in [0.2, 0.25) is 0 Å². The maximum Gasteiger partial charge on any atom is 0.320 e. The van der Waals surface area contributed by atoms with Gasteiger partial charge in [0.15, 0.2) is 5.43 Å². The topological polar surface area (TPSA) is 71.7 Å². The van der Waals surface area contributed by atoms with E-state index in [0.717, 1.165) is 60.4 Å². The number of piperidine rings is 1. The van der Waals surface area contributed by atoms with Crippen molar-refractivity contribution in [1.29, 1.82) is 0 Å². The number of pyridine rings is 1. The normalized spacial score (nSPS) is 22.9. The van der Waals surface area contributed by atoms with Crippen molar-refractivity contribution < 1.29 is 13.6 Å². The minimum absolute atomic E-state index is 0.0196. The molecule has 6 rings (SSSR count). The molecule has 1 spiro atoms. The number of H-pyrrole nitrogens is 1. The van der Waals surface area contributed by atoms with Crippen molar-refractivity contribution >= 4 is 17.4 Å². The van der Waals surface area contributed by atoms with Gasteiger partial charge < -0.3 is 20.1 Å². The molecule has 2 amide bonds. The Balaban J connectivity index is 1.21. The molecular weight excluding hydrogens is 544 g/mol. The van der Waals surface area contributed by atoms with Crippen LogP contribution in [0.5, 0.6) is 0 Å². The summed E-state index contributed by atoms with van der Waals surface area (Å²) < 4.78 is 29.1. The number of hydrogen-bond donors (Lipinski definition) is 2. The zero-order chi connectivity index (χ0) is 28.6. The number of aromatic nitrogens is 1. The van der Waals surface area contributed by atoms with Crippen LogP contribution in [-0.4, -0.2) is 70.5 Å². The third-order valence-corrected chi connectivity index (χ3v) is 10.2. The number of rotatable bonds is 5. The van der Waals surface area contributed by atoms with Gasteiger partial charge in [-0.05, 0) is 62.4 Å². The highest BCUT2D eigenvalue weighted by Crippen LogP contribution is 2.40. The Kier molecular flexibility index (Phi) is 7.98. The SMILES string of the molecule is CN[C@@H]1CCN(C(=O)N2CCN(Cc3c[nH]c(-c4cccs4)cc3=O)C3(CCCC3)C2)[C@H](c2cc(F)ccc2F)C1. The number of amides is 2. The average molecular weight is 582 g/mol. The van der Waals surface area contributed by atoms with Crippen molar-refractivity contribution in [3.63, 3.8) is 0 Å². The summed E-state index contributed by atoms with van der Waals surface area (Å²) in [7, 11) is 1.87. The number of carbonyl (C=O) groups excluding carboxylic acids is 1. The molecule has 0 bridgehead atoms. The Hall–Kier alpha value is -3.08. The van der Waals surface area contributed by atoms with Crippen LogP contribution in [0.15, 0.2) is 52.8 Å². The Morgan fingerprint density at radius 1 is 1.15 bits per heavy atom. The highest BCUT2D eigenvalue weighted by molar-refractivity contribution is 7.13. The van der Waals surface area contributed by atoms with Crippen molar-refractivity contribution in [2.75, 3.05) is 33.2 Å². The molecule has 4 heterocycles. The zero-order valence-corrected chi connectivity index (χ0v) is 24.2. The molecule has 2 aliphatic heterocycles. The lowest BCUT2D eigenvalue weighted by Crippen LogP contribution is -2.64. The second-order valence-corrected chi connectivity index (χ2v) is 12.6. The Morgan fingerprint density at radius 3 is 2.71 bits per heavy atom. The van der Waals surface area contributed by atoms with Gasteiger partial charge in [-0.25, -0.2) is 13.6 Å². The van der Waals surface area contributed by atoms with Crippen LogP contribution < -0.4 is 10.7 Å². The first kappa shape index (κ1) is 28.1. The number of urea groups is 1. The van der Waals surface area contributed by atoms with Crippen molar-refractivity contribution in [2.45, 2.75) is 62.7 Å². The molecule has 3 aliphatic rings.